The van der Waals surface area contributed by atoms with Crippen LogP contribution in [0, 0.1) is 0 Å². The van der Waals surface area contributed by atoms with Crippen LogP contribution in [0.2, 0.25) is 0 Å². The van der Waals surface area contributed by atoms with Crippen molar-refractivity contribution in [1.82, 2.24) is 0 Å². The van der Waals surface area contributed by atoms with Gasteiger partial charge in [-0.2, -0.15) is 0 Å². The van der Waals surface area contributed by atoms with Gasteiger partial charge in [-0.15, -0.1) is 0 Å². The van der Waals surface area contributed by atoms with Crippen molar-refractivity contribution in [3.8, 4) is 0 Å². The molecule has 0 saturated carbocycles. The van der Waals surface area contributed by atoms with Gasteiger partial charge in [-0.05, 0) is 13.3 Å². The van der Waals surface area contributed by atoms with E-state index < -0.39 is 0 Å². The van der Waals surface area contributed by atoms with Gasteiger partial charge >= 0.3 is 0 Å². The van der Waals surface area contributed by atoms with Gasteiger partial charge in [-0.3, -0.25) is 0 Å². The first-order valence-corrected chi connectivity index (χ1v) is 14.3. The highest BCUT2D eigenvalue weighted by Gasteiger charge is 1.98. The molecule has 31 heavy (non-hydrogen) atoms. The third-order valence-electron chi connectivity index (χ3n) is 5.53. The molecule has 0 aromatic carbocycles. The van der Waals surface area contributed by atoms with Crippen LogP contribution in [0.3, 0.4) is 0 Å². The molecule has 0 aliphatic heterocycles. The third-order valence-corrected chi connectivity index (χ3v) is 5.53. The molecular formula is C30H63N. The minimum atomic E-state index is 0.263. The lowest BCUT2D eigenvalue weighted by Gasteiger charge is -2.07. The summed E-state index contributed by atoms with van der Waals surface area (Å²) in [6.07, 6.45) is 32.2. The first kappa shape index (κ1) is 35.0. The Balaban J connectivity index is -0.000000537. The van der Waals surface area contributed by atoms with Gasteiger partial charge in [0.1, 0.15) is 0 Å². The van der Waals surface area contributed by atoms with Crippen molar-refractivity contribution >= 4 is 0 Å². The lowest BCUT2D eigenvalue weighted by atomic mass is 10.0. The molecule has 1 nitrogen and oxygen atoms in total. The SMILES string of the molecule is CC.CC.CC1=CCC(N)C=C1.CCCCCCCCCCCCCCCCCCC. The maximum atomic E-state index is 5.57. The number of hydrogen-bond donors (Lipinski definition) is 1. The molecule has 0 bridgehead atoms. The summed E-state index contributed by atoms with van der Waals surface area (Å²) in [5, 5.41) is 0. The first-order chi connectivity index (χ1) is 15.2. The molecule has 0 heterocycles. The summed E-state index contributed by atoms with van der Waals surface area (Å²) in [5.41, 5.74) is 6.89. The predicted octanol–water partition coefficient (Wildman–Crippen LogP) is 10.9. The van der Waals surface area contributed by atoms with Gasteiger partial charge in [0.15, 0.2) is 0 Å². The van der Waals surface area contributed by atoms with Crippen LogP contribution in [-0.4, -0.2) is 6.04 Å². The summed E-state index contributed by atoms with van der Waals surface area (Å²) in [5.74, 6) is 0. The smallest absolute Gasteiger partial charge is 0.0262 e. The predicted molar refractivity (Wildman–Crippen MR) is 148 cm³/mol. The lowest BCUT2D eigenvalue weighted by Crippen LogP contribution is -2.16. The Kier molecular flexibility index (Phi) is 38.5. The van der Waals surface area contributed by atoms with Gasteiger partial charge in [-0.1, -0.05) is 174 Å². The summed E-state index contributed by atoms with van der Waals surface area (Å²) in [6.45, 7) is 14.7. The molecule has 188 valence electrons. The fourth-order valence-corrected chi connectivity index (χ4v) is 3.54. The van der Waals surface area contributed by atoms with Crippen LogP contribution in [-0.2, 0) is 0 Å². The van der Waals surface area contributed by atoms with Gasteiger partial charge in [-0.25, -0.2) is 0 Å². The van der Waals surface area contributed by atoms with Crippen LogP contribution in [0.15, 0.2) is 23.8 Å². The number of allylic oxidation sites excluding steroid dienone is 2. The van der Waals surface area contributed by atoms with E-state index in [4.69, 9.17) is 5.73 Å². The van der Waals surface area contributed by atoms with Crippen molar-refractivity contribution in [2.24, 2.45) is 5.73 Å². The zero-order chi connectivity index (χ0) is 24.0. The zero-order valence-corrected chi connectivity index (χ0v) is 23.1. The normalized spacial score (nSPS) is 14.3. The molecule has 1 aliphatic rings. The van der Waals surface area contributed by atoms with Crippen molar-refractivity contribution in [3.63, 3.8) is 0 Å². The lowest BCUT2D eigenvalue weighted by molar-refractivity contribution is 0.529. The first-order valence-electron chi connectivity index (χ1n) is 14.3. The fraction of sp³-hybridized carbons (Fsp3) is 0.867. The second kappa shape index (κ2) is 34.1. The Hall–Kier alpha value is -0.560. The van der Waals surface area contributed by atoms with Gasteiger partial charge in [0.25, 0.3) is 0 Å². The van der Waals surface area contributed by atoms with Gasteiger partial charge in [0.05, 0.1) is 0 Å². The van der Waals surface area contributed by atoms with Crippen LogP contribution in [0.5, 0.6) is 0 Å². The minimum absolute atomic E-state index is 0.263. The second-order valence-corrected chi connectivity index (χ2v) is 8.51. The van der Waals surface area contributed by atoms with Crippen LogP contribution < -0.4 is 5.73 Å². The van der Waals surface area contributed by atoms with Crippen LogP contribution >= 0.6 is 0 Å². The fourth-order valence-electron chi connectivity index (χ4n) is 3.54. The molecule has 0 aromatic rings. The van der Waals surface area contributed by atoms with Crippen molar-refractivity contribution in [2.45, 2.75) is 170 Å². The van der Waals surface area contributed by atoms with E-state index in [0.717, 1.165) is 6.42 Å². The molecule has 2 N–H and O–H groups in total. The Morgan fingerprint density at radius 2 is 0.903 bits per heavy atom. The number of rotatable bonds is 16. The quantitative estimate of drug-likeness (QED) is 0.239. The van der Waals surface area contributed by atoms with E-state index in [9.17, 15) is 0 Å². The highest BCUT2D eigenvalue weighted by atomic mass is 14.6. The third kappa shape index (κ3) is 34.3. The molecule has 1 aliphatic carbocycles. The molecule has 0 fully saturated rings. The Bertz CT molecular complexity index is 326. The summed E-state index contributed by atoms with van der Waals surface area (Å²) in [4.78, 5) is 0. The summed E-state index contributed by atoms with van der Waals surface area (Å²) >= 11 is 0. The van der Waals surface area contributed by atoms with Crippen LogP contribution in [0.25, 0.3) is 0 Å². The molecule has 1 rings (SSSR count). The topological polar surface area (TPSA) is 26.0 Å². The summed E-state index contributed by atoms with van der Waals surface area (Å²) < 4.78 is 0. The molecule has 1 unspecified atom stereocenters. The molecule has 0 radical (unpaired) electrons. The molecule has 0 spiro atoms. The van der Waals surface area contributed by atoms with E-state index in [2.05, 4.69) is 32.9 Å². The average Bonchev–Trinajstić information content (AvgIpc) is 2.81. The van der Waals surface area contributed by atoms with Crippen molar-refractivity contribution in [1.29, 1.82) is 0 Å². The molecule has 0 aromatic heterocycles. The van der Waals surface area contributed by atoms with Gasteiger partial charge in [0, 0.05) is 6.04 Å². The number of nitrogens with two attached hydrogens (primary N) is 1. The van der Waals surface area contributed by atoms with Crippen molar-refractivity contribution in [2.75, 3.05) is 0 Å². The summed E-state index contributed by atoms with van der Waals surface area (Å²) in [6, 6.07) is 0.263. The maximum Gasteiger partial charge on any atom is 0.0262 e. The molecular weight excluding hydrogens is 374 g/mol. The van der Waals surface area contributed by atoms with Crippen molar-refractivity contribution < 1.29 is 0 Å². The van der Waals surface area contributed by atoms with Gasteiger partial charge in [0.2, 0.25) is 0 Å². The second-order valence-electron chi connectivity index (χ2n) is 8.51. The zero-order valence-electron chi connectivity index (χ0n) is 23.1. The molecule has 0 amide bonds. The monoisotopic (exact) mass is 437 g/mol. The minimum Gasteiger partial charge on any atom is -0.324 e. The van der Waals surface area contributed by atoms with Crippen molar-refractivity contribution in [3.05, 3.63) is 23.8 Å². The largest absolute Gasteiger partial charge is 0.324 e. The average molecular weight is 438 g/mol. The summed E-state index contributed by atoms with van der Waals surface area (Å²) in [7, 11) is 0. The Morgan fingerprint density at radius 3 is 1.10 bits per heavy atom. The Labute approximate surface area is 199 Å². The molecule has 0 saturated heterocycles. The van der Waals surface area contributed by atoms with E-state index in [1.54, 1.807) is 0 Å². The van der Waals surface area contributed by atoms with E-state index in [1.165, 1.54) is 115 Å². The van der Waals surface area contributed by atoms with E-state index in [0.29, 0.717) is 0 Å². The number of hydrogen-bond acceptors (Lipinski definition) is 1. The standard InChI is InChI=1S/C19H40.C7H11N.2C2H6/c1-3-5-7-9-11-13-15-17-19-18-16-14-12-10-8-6-4-2;1-6-2-4-7(8)5-3-6;2*1-2/h3-19H2,1-2H3;2-4,7H,5,8H2,1H3;2*1-2H3. The molecule has 1 heteroatoms. The van der Waals surface area contributed by atoms with E-state index in [-0.39, 0.29) is 6.04 Å². The van der Waals surface area contributed by atoms with Crippen LogP contribution in [0.4, 0.5) is 0 Å². The van der Waals surface area contributed by atoms with Gasteiger partial charge < -0.3 is 5.73 Å². The highest BCUT2D eigenvalue weighted by Crippen LogP contribution is 2.13. The maximum absolute atomic E-state index is 5.57. The van der Waals surface area contributed by atoms with E-state index >= 15 is 0 Å². The van der Waals surface area contributed by atoms with Crippen LogP contribution in [0.1, 0.15) is 164 Å². The highest BCUT2D eigenvalue weighted by molar-refractivity contribution is 5.22. The van der Waals surface area contributed by atoms with E-state index in [1.807, 2.05) is 33.8 Å². The Morgan fingerprint density at radius 1 is 0.613 bits per heavy atom. The number of unbranched alkanes of at least 4 members (excludes halogenated alkanes) is 16. The molecule has 1 atom stereocenters.